The first-order valence-corrected chi connectivity index (χ1v) is 4.45. The summed E-state index contributed by atoms with van der Waals surface area (Å²) in [4.78, 5) is 2.16. The molecule has 68 valence electrons. The molecule has 12 heavy (non-hydrogen) atoms. The maximum absolute atomic E-state index is 8.69. The van der Waals surface area contributed by atoms with E-state index in [1.54, 1.807) is 0 Å². The standard InChI is InChI=1S/C10H17NO/c1-11(7-8-12)9-10-5-3-2-4-6-10/h2-5,10,12H,6-9H2,1H3. The lowest BCUT2D eigenvalue weighted by Gasteiger charge is -2.21. The van der Waals surface area contributed by atoms with Crippen LogP contribution < -0.4 is 0 Å². The summed E-state index contributed by atoms with van der Waals surface area (Å²) in [6, 6.07) is 0. The summed E-state index contributed by atoms with van der Waals surface area (Å²) in [7, 11) is 2.04. The molecule has 0 aromatic heterocycles. The molecule has 2 nitrogen and oxygen atoms in total. The van der Waals surface area contributed by atoms with Crippen LogP contribution in [0.5, 0.6) is 0 Å². The van der Waals surface area contributed by atoms with E-state index < -0.39 is 0 Å². The fourth-order valence-corrected chi connectivity index (χ4v) is 1.43. The van der Waals surface area contributed by atoms with Gasteiger partial charge in [-0.15, -0.1) is 0 Å². The maximum atomic E-state index is 8.69. The molecule has 2 heteroatoms. The minimum Gasteiger partial charge on any atom is -0.395 e. The highest BCUT2D eigenvalue weighted by molar-refractivity contribution is 5.11. The van der Waals surface area contributed by atoms with Crippen LogP contribution in [0.3, 0.4) is 0 Å². The SMILES string of the molecule is CN(CCO)CC1C=CC=CC1. The van der Waals surface area contributed by atoms with Gasteiger partial charge < -0.3 is 10.0 Å². The highest BCUT2D eigenvalue weighted by Crippen LogP contribution is 2.11. The molecule has 1 N–H and O–H groups in total. The Morgan fingerprint density at radius 3 is 2.92 bits per heavy atom. The Kier molecular flexibility index (Phi) is 4.05. The number of allylic oxidation sites excluding steroid dienone is 3. The van der Waals surface area contributed by atoms with E-state index in [4.69, 9.17) is 5.11 Å². The zero-order chi connectivity index (χ0) is 8.81. The molecule has 1 rings (SSSR count). The van der Waals surface area contributed by atoms with Gasteiger partial charge >= 0.3 is 0 Å². The molecule has 0 fully saturated rings. The van der Waals surface area contributed by atoms with Crippen molar-refractivity contribution < 1.29 is 5.11 Å². The predicted molar refractivity (Wildman–Crippen MR) is 51.0 cm³/mol. The van der Waals surface area contributed by atoms with Crippen molar-refractivity contribution in [1.82, 2.24) is 4.90 Å². The summed E-state index contributed by atoms with van der Waals surface area (Å²) < 4.78 is 0. The van der Waals surface area contributed by atoms with Crippen molar-refractivity contribution in [2.45, 2.75) is 6.42 Å². The van der Waals surface area contributed by atoms with E-state index in [0.29, 0.717) is 5.92 Å². The lowest BCUT2D eigenvalue weighted by Crippen LogP contribution is -2.27. The van der Waals surface area contributed by atoms with Crippen LogP contribution in [0.2, 0.25) is 0 Å². The molecule has 0 aromatic rings. The molecule has 1 unspecified atom stereocenters. The second-order valence-corrected chi connectivity index (χ2v) is 3.29. The van der Waals surface area contributed by atoms with Crippen LogP contribution in [0.15, 0.2) is 24.3 Å². The number of hydrogen-bond donors (Lipinski definition) is 1. The first kappa shape index (κ1) is 9.49. The third-order valence-electron chi connectivity index (χ3n) is 2.10. The largest absolute Gasteiger partial charge is 0.395 e. The Labute approximate surface area is 74.2 Å². The lowest BCUT2D eigenvalue weighted by atomic mass is 10.0. The summed E-state index contributed by atoms with van der Waals surface area (Å²) in [5, 5.41) is 8.69. The smallest absolute Gasteiger partial charge is 0.0558 e. The summed E-state index contributed by atoms with van der Waals surface area (Å²) in [6.45, 7) is 2.07. The Balaban J connectivity index is 2.22. The molecular formula is C10H17NO. The normalized spacial score (nSPS) is 22.1. The van der Waals surface area contributed by atoms with Crippen molar-refractivity contribution in [3.63, 3.8) is 0 Å². The van der Waals surface area contributed by atoms with Crippen LogP contribution in [0.4, 0.5) is 0 Å². The number of likely N-dealkylation sites (N-methyl/N-ethyl adjacent to an activating group) is 1. The first-order chi connectivity index (χ1) is 5.83. The zero-order valence-corrected chi connectivity index (χ0v) is 7.61. The van der Waals surface area contributed by atoms with E-state index in [1.807, 2.05) is 7.05 Å². The summed E-state index contributed by atoms with van der Waals surface area (Å²) >= 11 is 0. The van der Waals surface area contributed by atoms with Gasteiger partial charge in [-0.25, -0.2) is 0 Å². The minimum absolute atomic E-state index is 0.253. The molecule has 1 atom stereocenters. The van der Waals surface area contributed by atoms with Gasteiger partial charge in [-0.3, -0.25) is 0 Å². The zero-order valence-electron chi connectivity index (χ0n) is 7.61. The third-order valence-corrected chi connectivity index (χ3v) is 2.10. The monoisotopic (exact) mass is 167 g/mol. The number of nitrogens with zero attached hydrogens (tertiary/aromatic N) is 1. The fraction of sp³-hybridized carbons (Fsp3) is 0.600. The van der Waals surface area contributed by atoms with Crippen molar-refractivity contribution >= 4 is 0 Å². The van der Waals surface area contributed by atoms with Crippen molar-refractivity contribution in [3.05, 3.63) is 24.3 Å². The highest BCUT2D eigenvalue weighted by atomic mass is 16.3. The average Bonchev–Trinajstić information content (AvgIpc) is 2.06. The average molecular weight is 167 g/mol. The molecular weight excluding hydrogens is 150 g/mol. The van der Waals surface area contributed by atoms with E-state index >= 15 is 0 Å². The van der Waals surface area contributed by atoms with Gasteiger partial charge in [0.25, 0.3) is 0 Å². The molecule has 0 radical (unpaired) electrons. The molecule has 0 amide bonds. The van der Waals surface area contributed by atoms with Crippen LogP contribution in [0, 0.1) is 5.92 Å². The van der Waals surface area contributed by atoms with Crippen LogP contribution in [0.1, 0.15) is 6.42 Å². The van der Waals surface area contributed by atoms with Crippen LogP contribution in [-0.2, 0) is 0 Å². The molecule has 0 saturated carbocycles. The van der Waals surface area contributed by atoms with Crippen LogP contribution in [-0.4, -0.2) is 36.8 Å². The summed E-state index contributed by atoms with van der Waals surface area (Å²) in [5.41, 5.74) is 0. The van der Waals surface area contributed by atoms with Gasteiger partial charge in [0, 0.05) is 13.1 Å². The first-order valence-electron chi connectivity index (χ1n) is 4.45. The van der Waals surface area contributed by atoms with E-state index in [1.165, 1.54) is 0 Å². The summed E-state index contributed by atoms with van der Waals surface area (Å²) in [5.74, 6) is 0.631. The summed E-state index contributed by atoms with van der Waals surface area (Å²) in [6.07, 6.45) is 9.74. The van der Waals surface area contributed by atoms with Crippen molar-refractivity contribution in [3.8, 4) is 0 Å². The van der Waals surface area contributed by atoms with Gasteiger partial charge in [0.2, 0.25) is 0 Å². The number of rotatable bonds is 4. The molecule has 0 saturated heterocycles. The van der Waals surface area contributed by atoms with Crippen molar-refractivity contribution in [1.29, 1.82) is 0 Å². The molecule has 0 heterocycles. The van der Waals surface area contributed by atoms with Gasteiger partial charge in [-0.1, -0.05) is 24.3 Å². The van der Waals surface area contributed by atoms with Crippen molar-refractivity contribution in [2.24, 2.45) is 5.92 Å². The van der Waals surface area contributed by atoms with E-state index in [0.717, 1.165) is 19.5 Å². The highest BCUT2D eigenvalue weighted by Gasteiger charge is 2.07. The van der Waals surface area contributed by atoms with Gasteiger partial charge in [-0.2, -0.15) is 0 Å². The van der Waals surface area contributed by atoms with Crippen molar-refractivity contribution in [2.75, 3.05) is 26.7 Å². The Hall–Kier alpha value is -0.600. The molecule has 0 bridgehead atoms. The predicted octanol–water partition coefficient (Wildman–Crippen LogP) is 1.04. The molecule has 1 aliphatic rings. The van der Waals surface area contributed by atoms with Gasteiger partial charge in [0.05, 0.1) is 6.61 Å². The second-order valence-electron chi connectivity index (χ2n) is 3.29. The van der Waals surface area contributed by atoms with E-state index in [-0.39, 0.29) is 6.61 Å². The number of aliphatic hydroxyl groups is 1. The Bertz CT molecular complexity index is 175. The lowest BCUT2D eigenvalue weighted by molar-refractivity contribution is 0.210. The van der Waals surface area contributed by atoms with Gasteiger partial charge in [0.15, 0.2) is 0 Å². The quantitative estimate of drug-likeness (QED) is 0.676. The van der Waals surface area contributed by atoms with Crippen LogP contribution in [0.25, 0.3) is 0 Å². The van der Waals surface area contributed by atoms with Crippen LogP contribution >= 0.6 is 0 Å². The second kappa shape index (κ2) is 5.12. The molecule has 0 aromatic carbocycles. The topological polar surface area (TPSA) is 23.5 Å². The molecule has 0 spiro atoms. The minimum atomic E-state index is 0.253. The van der Waals surface area contributed by atoms with E-state index in [2.05, 4.69) is 29.2 Å². The Morgan fingerprint density at radius 1 is 1.50 bits per heavy atom. The molecule has 1 aliphatic carbocycles. The maximum Gasteiger partial charge on any atom is 0.0558 e. The number of hydrogen-bond acceptors (Lipinski definition) is 2. The van der Waals surface area contributed by atoms with E-state index in [9.17, 15) is 0 Å². The third kappa shape index (κ3) is 3.20. The Morgan fingerprint density at radius 2 is 2.33 bits per heavy atom. The van der Waals surface area contributed by atoms with Gasteiger partial charge in [0.1, 0.15) is 0 Å². The van der Waals surface area contributed by atoms with Gasteiger partial charge in [-0.05, 0) is 19.4 Å². The number of aliphatic hydroxyl groups excluding tert-OH is 1. The fourth-order valence-electron chi connectivity index (χ4n) is 1.43. The molecule has 0 aliphatic heterocycles.